The van der Waals surface area contributed by atoms with E-state index in [-0.39, 0.29) is 30.0 Å². The molecule has 0 bridgehead atoms. The lowest BCUT2D eigenvalue weighted by Gasteiger charge is -2.21. The Morgan fingerprint density at radius 2 is 2.00 bits per heavy atom. The zero-order valence-corrected chi connectivity index (χ0v) is 20.4. The number of hydrogen-bond acceptors (Lipinski definition) is 6. The number of fused-ring (bicyclic) bond motifs is 1. The molecule has 0 atom stereocenters. The van der Waals surface area contributed by atoms with E-state index in [4.69, 9.17) is 15.1 Å². The molecule has 3 aromatic heterocycles. The Labute approximate surface area is 204 Å². The number of nitriles is 1. The minimum Gasteiger partial charge on any atom is -0.497 e. The fraction of sp³-hybridized carbons (Fsp3) is 0.296. The molecule has 4 aromatic rings. The average molecular weight is 469 g/mol. The van der Waals surface area contributed by atoms with Crippen LogP contribution in [0.15, 0.2) is 60.9 Å². The number of carbonyl (C=O) groups excluding carboxylic acids is 1. The van der Waals surface area contributed by atoms with Crippen molar-refractivity contribution in [2.75, 3.05) is 13.7 Å². The van der Waals surface area contributed by atoms with Crippen LogP contribution in [0.5, 0.6) is 5.75 Å². The van der Waals surface area contributed by atoms with Crippen LogP contribution in [0.25, 0.3) is 16.9 Å². The first-order valence-electron chi connectivity index (χ1n) is 11.4. The van der Waals surface area contributed by atoms with Gasteiger partial charge in [0, 0.05) is 42.5 Å². The maximum atomic E-state index is 13.7. The summed E-state index contributed by atoms with van der Waals surface area (Å²) in [6.45, 7) is 6.89. The molecular weight excluding hydrogens is 440 g/mol. The van der Waals surface area contributed by atoms with Crippen molar-refractivity contribution >= 4 is 11.6 Å². The van der Waals surface area contributed by atoms with E-state index in [1.54, 1.807) is 35.0 Å². The van der Waals surface area contributed by atoms with Crippen LogP contribution in [0, 0.1) is 11.3 Å². The molecule has 0 spiro atoms. The Morgan fingerprint density at radius 1 is 1.17 bits per heavy atom. The molecule has 0 aliphatic carbocycles. The van der Waals surface area contributed by atoms with Gasteiger partial charge in [0.2, 0.25) is 0 Å². The number of methoxy groups -OCH3 is 1. The first-order valence-corrected chi connectivity index (χ1v) is 11.4. The number of hydrogen-bond donors (Lipinski definition) is 0. The summed E-state index contributed by atoms with van der Waals surface area (Å²) in [6.07, 6.45) is 3.63. The molecule has 0 aliphatic rings. The van der Waals surface area contributed by atoms with Crippen molar-refractivity contribution in [2.24, 2.45) is 0 Å². The minimum atomic E-state index is -0.255. The Hall–Kier alpha value is -4.25. The number of aromatic nitrogens is 4. The van der Waals surface area contributed by atoms with Crippen LogP contribution < -0.4 is 4.74 Å². The van der Waals surface area contributed by atoms with Crippen LogP contribution in [-0.2, 0) is 12.0 Å². The standard InChI is InChI=1S/C27H28N6O2/c1-27(2,3)24-16-25-30-22(15-23(33(25)31-24)20-9-5-10-21(14-20)35-4)26(34)32(13-7-11-28)18-19-8-6-12-29-17-19/h5-6,8-10,12,14-17H,7,13,18H2,1-4H3. The summed E-state index contributed by atoms with van der Waals surface area (Å²) >= 11 is 0. The summed E-state index contributed by atoms with van der Waals surface area (Å²) in [7, 11) is 1.62. The van der Waals surface area contributed by atoms with Crippen molar-refractivity contribution < 1.29 is 9.53 Å². The number of benzene rings is 1. The van der Waals surface area contributed by atoms with E-state index in [2.05, 4.69) is 36.8 Å². The van der Waals surface area contributed by atoms with Gasteiger partial charge in [0.1, 0.15) is 11.4 Å². The van der Waals surface area contributed by atoms with Crippen molar-refractivity contribution in [1.29, 1.82) is 5.26 Å². The number of ether oxygens (including phenoxy) is 1. The maximum Gasteiger partial charge on any atom is 0.272 e. The third kappa shape index (κ3) is 5.30. The molecule has 0 saturated heterocycles. The number of pyridine rings is 1. The molecule has 0 saturated carbocycles. The largest absolute Gasteiger partial charge is 0.497 e. The normalized spacial score (nSPS) is 11.3. The van der Waals surface area contributed by atoms with Crippen LogP contribution in [0.2, 0.25) is 0 Å². The van der Waals surface area contributed by atoms with Gasteiger partial charge < -0.3 is 9.64 Å². The van der Waals surface area contributed by atoms with E-state index in [9.17, 15) is 4.79 Å². The summed E-state index contributed by atoms with van der Waals surface area (Å²) in [5, 5.41) is 14.0. The molecule has 1 amide bonds. The number of rotatable bonds is 7. The average Bonchev–Trinajstić information content (AvgIpc) is 3.31. The SMILES string of the molecule is COc1cccc(-c2cc(C(=O)N(CCC#N)Cc3cccnc3)nc3cc(C(C)(C)C)nn23)c1. The van der Waals surface area contributed by atoms with E-state index in [0.29, 0.717) is 17.9 Å². The topological polar surface area (TPSA) is 96.4 Å². The van der Waals surface area contributed by atoms with Gasteiger partial charge in [-0.3, -0.25) is 9.78 Å². The van der Waals surface area contributed by atoms with Gasteiger partial charge in [0.15, 0.2) is 5.65 Å². The summed E-state index contributed by atoms with van der Waals surface area (Å²) in [6, 6.07) is 17.2. The van der Waals surface area contributed by atoms with E-state index >= 15 is 0 Å². The van der Waals surface area contributed by atoms with Crippen molar-refractivity contribution in [2.45, 2.75) is 39.2 Å². The van der Waals surface area contributed by atoms with Crippen LogP contribution in [-0.4, -0.2) is 44.0 Å². The van der Waals surface area contributed by atoms with Gasteiger partial charge in [0.05, 0.1) is 31.0 Å². The quantitative estimate of drug-likeness (QED) is 0.392. The first kappa shape index (κ1) is 23.9. The molecule has 1 aromatic carbocycles. The molecule has 3 heterocycles. The Bertz CT molecular complexity index is 1380. The fourth-order valence-electron chi connectivity index (χ4n) is 3.75. The molecule has 4 rings (SSSR count). The van der Waals surface area contributed by atoms with Gasteiger partial charge in [-0.2, -0.15) is 10.4 Å². The van der Waals surface area contributed by atoms with Crippen molar-refractivity contribution in [3.8, 4) is 23.1 Å². The summed E-state index contributed by atoms with van der Waals surface area (Å²) in [4.78, 5) is 24.2. The molecule has 0 aliphatic heterocycles. The van der Waals surface area contributed by atoms with Gasteiger partial charge >= 0.3 is 0 Å². The van der Waals surface area contributed by atoms with Crippen LogP contribution in [0.4, 0.5) is 0 Å². The van der Waals surface area contributed by atoms with E-state index in [1.807, 2.05) is 42.5 Å². The van der Waals surface area contributed by atoms with Crippen LogP contribution in [0.3, 0.4) is 0 Å². The third-order valence-electron chi connectivity index (χ3n) is 5.66. The Kier molecular flexibility index (Phi) is 6.78. The molecule has 0 N–H and O–H groups in total. The Balaban J connectivity index is 1.84. The zero-order valence-electron chi connectivity index (χ0n) is 20.4. The second-order valence-electron chi connectivity index (χ2n) is 9.30. The summed E-state index contributed by atoms with van der Waals surface area (Å²) < 4.78 is 7.19. The molecule has 8 nitrogen and oxygen atoms in total. The highest BCUT2D eigenvalue weighted by molar-refractivity contribution is 5.94. The summed E-state index contributed by atoms with van der Waals surface area (Å²) in [5.41, 5.74) is 4.02. The number of amides is 1. The highest BCUT2D eigenvalue weighted by Gasteiger charge is 2.24. The van der Waals surface area contributed by atoms with Gasteiger partial charge in [-0.25, -0.2) is 9.50 Å². The predicted molar refractivity (Wildman–Crippen MR) is 133 cm³/mol. The first-order chi connectivity index (χ1) is 16.8. The molecule has 35 heavy (non-hydrogen) atoms. The highest BCUT2D eigenvalue weighted by Crippen LogP contribution is 2.28. The fourth-order valence-corrected chi connectivity index (χ4v) is 3.75. The number of carbonyl (C=O) groups is 1. The zero-order chi connectivity index (χ0) is 25.0. The van der Waals surface area contributed by atoms with Crippen molar-refractivity contribution in [3.63, 3.8) is 0 Å². The molecular formula is C27H28N6O2. The number of nitrogens with zero attached hydrogens (tertiary/aromatic N) is 6. The van der Waals surface area contributed by atoms with Crippen molar-refractivity contribution in [3.05, 3.63) is 77.9 Å². The third-order valence-corrected chi connectivity index (χ3v) is 5.66. The highest BCUT2D eigenvalue weighted by atomic mass is 16.5. The Morgan fingerprint density at radius 3 is 2.69 bits per heavy atom. The van der Waals surface area contributed by atoms with Gasteiger partial charge in [-0.1, -0.05) is 39.0 Å². The van der Waals surface area contributed by atoms with Crippen LogP contribution >= 0.6 is 0 Å². The molecule has 8 heteroatoms. The lowest BCUT2D eigenvalue weighted by atomic mass is 9.93. The van der Waals surface area contributed by atoms with Crippen LogP contribution in [0.1, 0.15) is 48.9 Å². The van der Waals surface area contributed by atoms with E-state index in [0.717, 1.165) is 22.5 Å². The lowest BCUT2D eigenvalue weighted by Crippen LogP contribution is -2.32. The smallest absolute Gasteiger partial charge is 0.272 e. The molecule has 0 radical (unpaired) electrons. The van der Waals surface area contributed by atoms with Gasteiger partial charge in [0.25, 0.3) is 5.91 Å². The second-order valence-corrected chi connectivity index (χ2v) is 9.30. The van der Waals surface area contributed by atoms with E-state index in [1.165, 1.54) is 0 Å². The molecule has 0 fully saturated rings. The van der Waals surface area contributed by atoms with E-state index < -0.39 is 0 Å². The second kappa shape index (κ2) is 9.94. The predicted octanol–water partition coefficient (Wildman–Crippen LogP) is 4.65. The van der Waals surface area contributed by atoms with Crippen molar-refractivity contribution in [1.82, 2.24) is 24.5 Å². The van der Waals surface area contributed by atoms with Gasteiger partial charge in [-0.05, 0) is 29.8 Å². The summed E-state index contributed by atoms with van der Waals surface area (Å²) in [5.74, 6) is 0.449. The molecule has 178 valence electrons. The monoisotopic (exact) mass is 468 g/mol. The minimum absolute atomic E-state index is 0.192. The maximum absolute atomic E-state index is 13.7. The van der Waals surface area contributed by atoms with Gasteiger partial charge in [-0.15, -0.1) is 0 Å². The molecule has 0 unspecified atom stereocenters. The lowest BCUT2D eigenvalue weighted by molar-refractivity contribution is 0.0741.